The zero-order valence-corrected chi connectivity index (χ0v) is 20.5. The fourth-order valence-electron chi connectivity index (χ4n) is 4.44. The maximum atomic E-state index is 13.5. The van der Waals surface area contributed by atoms with Gasteiger partial charge in [-0.15, -0.1) is 24.0 Å². The third kappa shape index (κ3) is 3.51. The minimum Gasteiger partial charge on any atom is -0.476 e. The normalized spacial score (nSPS) is 13.2. The standard InChI is InChI=1S/C28H16O7S2/c29-24-14-6-1-3-9-17(14)34-18-12-13-19(36)26(23(18)24)35-28(33,27(31)32)16-8-5-11-21-22(16)25(30)15-7-2-4-10-20(15)37-21/h1-13,33,36H,(H,31,32). The molecule has 0 aliphatic carbocycles. The highest BCUT2D eigenvalue weighted by Crippen LogP contribution is 2.39. The van der Waals surface area contributed by atoms with Gasteiger partial charge in [0.25, 0.3) is 0 Å². The molecule has 0 saturated carbocycles. The number of hydrogen-bond acceptors (Lipinski definition) is 8. The number of benzene rings is 4. The maximum absolute atomic E-state index is 13.5. The molecule has 6 aromatic rings. The molecule has 4 aromatic carbocycles. The average Bonchev–Trinajstić information content (AvgIpc) is 2.90. The number of fused-ring (bicyclic) bond motifs is 4. The molecule has 9 heteroatoms. The van der Waals surface area contributed by atoms with E-state index in [0.717, 1.165) is 0 Å². The largest absolute Gasteiger partial charge is 0.476 e. The number of para-hydroxylation sites is 1. The summed E-state index contributed by atoms with van der Waals surface area (Å²) in [4.78, 5) is 39.6. The van der Waals surface area contributed by atoms with Crippen molar-refractivity contribution in [2.75, 3.05) is 0 Å². The molecule has 0 saturated heterocycles. The van der Waals surface area contributed by atoms with E-state index in [2.05, 4.69) is 12.6 Å². The van der Waals surface area contributed by atoms with E-state index >= 15 is 0 Å². The van der Waals surface area contributed by atoms with Gasteiger partial charge in [-0.3, -0.25) is 9.59 Å². The molecule has 182 valence electrons. The highest BCUT2D eigenvalue weighted by molar-refractivity contribution is 7.80. The third-order valence-electron chi connectivity index (χ3n) is 6.19. The highest BCUT2D eigenvalue weighted by Gasteiger charge is 2.44. The molecule has 1 atom stereocenters. The van der Waals surface area contributed by atoms with E-state index in [4.69, 9.17) is 9.15 Å². The van der Waals surface area contributed by atoms with Gasteiger partial charge >= 0.3 is 11.8 Å². The van der Waals surface area contributed by atoms with Crippen LogP contribution in [-0.2, 0) is 10.6 Å². The topological polar surface area (TPSA) is 114 Å². The van der Waals surface area contributed by atoms with Gasteiger partial charge in [-0.25, -0.2) is 4.79 Å². The molecule has 0 amide bonds. The number of rotatable bonds is 4. The smallest absolute Gasteiger partial charge is 0.382 e. The second-order valence-corrected chi connectivity index (χ2v) is 9.94. The molecule has 0 bridgehead atoms. The van der Waals surface area contributed by atoms with E-state index in [9.17, 15) is 24.6 Å². The van der Waals surface area contributed by atoms with Crippen LogP contribution >= 0.6 is 24.0 Å². The van der Waals surface area contributed by atoms with Crippen LogP contribution in [0.1, 0.15) is 5.56 Å². The lowest BCUT2D eigenvalue weighted by Crippen LogP contribution is -2.42. The summed E-state index contributed by atoms with van der Waals surface area (Å²) in [5.41, 5.74) is -0.729. The summed E-state index contributed by atoms with van der Waals surface area (Å²) in [7, 11) is 0. The van der Waals surface area contributed by atoms with Crippen LogP contribution in [0.2, 0.25) is 0 Å². The lowest BCUT2D eigenvalue weighted by Gasteiger charge is -2.27. The zero-order valence-electron chi connectivity index (χ0n) is 18.8. The molecule has 6 rings (SSSR count). The number of carboxylic acids is 1. The molecule has 0 aliphatic heterocycles. The summed E-state index contributed by atoms with van der Waals surface area (Å²) in [6, 6.07) is 21.0. The number of ether oxygens (including phenoxy) is 1. The Bertz CT molecular complexity index is 2030. The Morgan fingerprint density at radius 3 is 2.27 bits per heavy atom. The number of carboxylic acid groups (broad SMARTS) is 1. The summed E-state index contributed by atoms with van der Waals surface area (Å²) in [5.74, 6) is -5.08. The van der Waals surface area contributed by atoms with Crippen molar-refractivity contribution >= 4 is 72.0 Å². The minimum absolute atomic E-state index is 0.00883. The van der Waals surface area contributed by atoms with Crippen LogP contribution in [0, 0.1) is 0 Å². The van der Waals surface area contributed by atoms with Crippen molar-refractivity contribution in [3.63, 3.8) is 0 Å². The first-order chi connectivity index (χ1) is 17.8. The van der Waals surface area contributed by atoms with E-state index in [-0.39, 0.29) is 38.0 Å². The Morgan fingerprint density at radius 2 is 1.49 bits per heavy atom. The van der Waals surface area contributed by atoms with Crippen molar-refractivity contribution < 1.29 is 24.2 Å². The summed E-state index contributed by atoms with van der Waals surface area (Å²) in [6.07, 6.45) is 0. The van der Waals surface area contributed by atoms with Crippen LogP contribution < -0.4 is 15.6 Å². The lowest BCUT2D eigenvalue weighted by atomic mass is 10.00. The molecule has 37 heavy (non-hydrogen) atoms. The van der Waals surface area contributed by atoms with Crippen molar-refractivity contribution in [2.45, 2.75) is 10.7 Å². The number of thiol groups is 1. The monoisotopic (exact) mass is 528 g/mol. The average molecular weight is 529 g/mol. The van der Waals surface area contributed by atoms with Crippen molar-refractivity contribution in [1.29, 1.82) is 0 Å². The van der Waals surface area contributed by atoms with Gasteiger partial charge in [0.1, 0.15) is 16.6 Å². The van der Waals surface area contributed by atoms with E-state index in [1.54, 1.807) is 54.6 Å². The number of hydrogen-bond donors (Lipinski definition) is 3. The molecule has 0 radical (unpaired) electrons. The third-order valence-corrected chi connectivity index (χ3v) is 7.68. The van der Waals surface area contributed by atoms with E-state index < -0.39 is 22.6 Å². The van der Waals surface area contributed by atoms with Crippen LogP contribution in [0.25, 0.3) is 42.1 Å². The van der Waals surface area contributed by atoms with Gasteiger partial charge < -0.3 is 19.4 Å². The lowest BCUT2D eigenvalue weighted by molar-refractivity contribution is -0.197. The first-order valence-electron chi connectivity index (χ1n) is 11.1. The van der Waals surface area contributed by atoms with Gasteiger partial charge in [-0.2, -0.15) is 0 Å². The molecule has 0 fully saturated rings. The summed E-state index contributed by atoms with van der Waals surface area (Å²) >= 11 is 5.66. The number of carbonyl (C=O) groups is 1. The first-order valence-corrected chi connectivity index (χ1v) is 12.3. The quantitative estimate of drug-likeness (QED) is 0.162. The number of aliphatic carboxylic acids is 1. The van der Waals surface area contributed by atoms with Gasteiger partial charge in [0.2, 0.25) is 5.43 Å². The summed E-state index contributed by atoms with van der Waals surface area (Å²) < 4.78 is 12.8. The van der Waals surface area contributed by atoms with Crippen molar-refractivity contribution in [3.8, 4) is 5.75 Å². The molecule has 2 N–H and O–H groups in total. The molecule has 7 nitrogen and oxygen atoms in total. The van der Waals surface area contributed by atoms with Crippen LogP contribution in [0.5, 0.6) is 5.75 Å². The van der Waals surface area contributed by atoms with Crippen LogP contribution in [-0.4, -0.2) is 16.2 Å². The highest BCUT2D eigenvalue weighted by atomic mass is 32.1. The Labute approximate surface area is 217 Å². The first kappa shape index (κ1) is 23.2. The van der Waals surface area contributed by atoms with E-state index in [0.29, 0.717) is 20.4 Å². The SMILES string of the molecule is O=C(O)C(O)(Oc1c(S)ccc2oc3ccccc3c(=O)c12)c1cccc2sc3ccccc3c(=O)c12. The predicted octanol–water partition coefficient (Wildman–Crippen LogP) is 5.27. The van der Waals surface area contributed by atoms with Crippen LogP contribution in [0.3, 0.4) is 0 Å². The molecule has 1 unspecified atom stereocenters. The van der Waals surface area contributed by atoms with Gasteiger partial charge in [-0.05, 0) is 42.5 Å². The molecule has 0 aliphatic rings. The Hall–Kier alpha value is -4.18. The van der Waals surface area contributed by atoms with Gasteiger partial charge in [0.15, 0.2) is 11.2 Å². The van der Waals surface area contributed by atoms with Crippen molar-refractivity contribution in [3.05, 3.63) is 105 Å². The van der Waals surface area contributed by atoms with Gasteiger partial charge in [0.05, 0.1) is 10.8 Å². The minimum atomic E-state index is -3.03. The second kappa shape index (κ2) is 8.45. The fourth-order valence-corrected chi connectivity index (χ4v) is 5.78. The molecule has 2 aromatic heterocycles. The zero-order chi connectivity index (χ0) is 25.9. The van der Waals surface area contributed by atoms with Gasteiger partial charge in [-0.1, -0.05) is 36.4 Å². The summed E-state index contributed by atoms with van der Waals surface area (Å²) in [6.45, 7) is 0. The molecular formula is C28H16O7S2. The van der Waals surface area contributed by atoms with E-state index in [1.807, 2.05) is 0 Å². The number of aliphatic hydroxyl groups is 1. The van der Waals surface area contributed by atoms with Crippen LogP contribution in [0.15, 0.2) is 97.8 Å². The molecular weight excluding hydrogens is 512 g/mol. The maximum Gasteiger partial charge on any atom is 0.382 e. The van der Waals surface area contributed by atoms with E-state index in [1.165, 1.54) is 35.6 Å². The Morgan fingerprint density at radius 1 is 0.811 bits per heavy atom. The molecule has 0 spiro atoms. The fraction of sp³-hybridized carbons (Fsp3) is 0.0357. The van der Waals surface area contributed by atoms with Gasteiger partial charge in [0, 0.05) is 25.2 Å². The second-order valence-electron chi connectivity index (χ2n) is 8.37. The van der Waals surface area contributed by atoms with Crippen molar-refractivity contribution in [2.24, 2.45) is 0 Å². The Balaban J connectivity index is 1.65. The summed E-state index contributed by atoms with van der Waals surface area (Å²) in [5, 5.41) is 22.3. The van der Waals surface area contributed by atoms with Crippen molar-refractivity contribution in [1.82, 2.24) is 0 Å². The molecule has 2 heterocycles. The predicted molar refractivity (Wildman–Crippen MR) is 145 cm³/mol. The Kier molecular flexibility index (Phi) is 5.30. The van der Waals surface area contributed by atoms with Crippen LogP contribution in [0.4, 0.5) is 0 Å².